The van der Waals surface area contributed by atoms with Crippen molar-refractivity contribution in [3.8, 4) is 0 Å². The highest BCUT2D eigenvalue weighted by Gasteiger charge is 2.27. The van der Waals surface area contributed by atoms with Crippen molar-refractivity contribution in [2.75, 3.05) is 19.7 Å². The molecule has 1 aliphatic rings. The molecule has 34 heavy (non-hydrogen) atoms. The summed E-state index contributed by atoms with van der Waals surface area (Å²) in [6.07, 6.45) is 3.24. The molecule has 2 aromatic carbocycles. The molecule has 1 aromatic heterocycles. The molecule has 0 N–H and O–H groups in total. The minimum atomic E-state index is -0.338. The van der Waals surface area contributed by atoms with Gasteiger partial charge >= 0.3 is 0 Å². The summed E-state index contributed by atoms with van der Waals surface area (Å²) < 4.78 is 25.4. The van der Waals surface area contributed by atoms with Gasteiger partial charge in [0.05, 0.1) is 18.9 Å². The molecule has 0 radical (unpaired) electrons. The Kier molecular flexibility index (Phi) is 8.13. The van der Waals surface area contributed by atoms with Crippen molar-refractivity contribution >= 4 is 27.7 Å². The molecule has 6 nitrogen and oxygen atoms in total. The van der Waals surface area contributed by atoms with E-state index in [1.807, 2.05) is 6.07 Å². The van der Waals surface area contributed by atoms with Crippen molar-refractivity contribution in [3.63, 3.8) is 0 Å². The Labute approximate surface area is 206 Å². The molecule has 0 spiro atoms. The van der Waals surface area contributed by atoms with Gasteiger partial charge in [0, 0.05) is 29.7 Å². The standard InChI is InChI=1S/C26H26BrFN2O4/c27-21-5-1-4-20(14-21)26(32)30(17-24-7-3-13-34-24)18-25(31)29(16-23-6-2-12-33-23)15-19-8-10-22(28)11-9-19/h1-2,4-6,8-12,14,24H,3,7,13,15-18H2. The molecular formula is C26H26BrFN2O4. The van der Waals surface area contributed by atoms with Crippen LogP contribution in [0.4, 0.5) is 4.39 Å². The quantitative estimate of drug-likeness (QED) is 0.390. The number of amides is 2. The normalized spacial score (nSPS) is 15.3. The molecule has 1 atom stereocenters. The van der Waals surface area contributed by atoms with Crippen molar-refractivity contribution in [2.24, 2.45) is 0 Å². The Balaban J connectivity index is 1.54. The van der Waals surface area contributed by atoms with E-state index in [1.54, 1.807) is 58.5 Å². The van der Waals surface area contributed by atoms with Crippen LogP contribution in [0.3, 0.4) is 0 Å². The number of furan rings is 1. The minimum absolute atomic E-state index is 0.0977. The predicted molar refractivity (Wildman–Crippen MR) is 128 cm³/mol. The van der Waals surface area contributed by atoms with Gasteiger partial charge in [0.2, 0.25) is 5.91 Å². The second kappa shape index (κ2) is 11.4. The Morgan fingerprint density at radius 1 is 1.03 bits per heavy atom. The average Bonchev–Trinajstić information content (AvgIpc) is 3.53. The highest BCUT2D eigenvalue weighted by Crippen LogP contribution is 2.19. The van der Waals surface area contributed by atoms with Crippen molar-refractivity contribution in [2.45, 2.75) is 32.0 Å². The molecule has 1 unspecified atom stereocenters. The molecule has 1 fully saturated rings. The molecule has 2 heterocycles. The lowest BCUT2D eigenvalue weighted by Crippen LogP contribution is -2.45. The Hall–Kier alpha value is -2.97. The highest BCUT2D eigenvalue weighted by atomic mass is 79.9. The van der Waals surface area contributed by atoms with Crippen LogP contribution < -0.4 is 0 Å². The fraction of sp³-hybridized carbons (Fsp3) is 0.308. The number of carbonyl (C=O) groups is 2. The zero-order valence-corrected chi connectivity index (χ0v) is 20.2. The van der Waals surface area contributed by atoms with Gasteiger partial charge in [-0.15, -0.1) is 0 Å². The second-order valence-corrected chi connectivity index (χ2v) is 9.20. The van der Waals surface area contributed by atoms with E-state index in [4.69, 9.17) is 9.15 Å². The molecule has 4 rings (SSSR count). The number of carbonyl (C=O) groups excluding carboxylic acids is 2. The first kappa shape index (κ1) is 24.2. The maximum absolute atomic E-state index is 13.5. The van der Waals surface area contributed by atoms with Crippen LogP contribution in [-0.2, 0) is 22.6 Å². The summed E-state index contributed by atoms with van der Waals surface area (Å²) in [5, 5.41) is 0. The maximum Gasteiger partial charge on any atom is 0.254 e. The molecule has 1 saturated heterocycles. The van der Waals surface area contributed by atoms with Gasteiger partial charge in [-0.2, -0.15) is 0 Å². The number of rotatable bonds is 9. The summed E-state index contributed by atoms with van der Waals surface area (Å²) in [5.41, 5.74) is 1.28. The summed E-state index contributed by atoms with van der Waals surface area (Å²) in [6, 6.07) is 16.7. The van der Waals surface area contributed by atoms with Gasteiger partial charge < -0.3 is 19.0 Å². The van der Waals surface area contributed by atoms with E-state index in [-0.39, 0.29) is 43.4 Å². The summed E-state index contributed by atoms with van der Waals surface area (Å²) in [6.45, 7) is 1.39. The van der Waals surface area contributed by atoms with Crippen LogP contribution in [0.2, 0.25) is 0 Å². The molecule has 0 saturated carbocycles. The van der Waals surface area contributed by atoms with Crippen molar-refractivity contribution in [3.05, 3.63) is 94.1 Å². The van der Waals surface area contributed by atoms with Gasteiger partial charge in [-0.3, -0.25) is 9.59 Å². The van der Waals surface area contributed by atoms with E-state index < -0.39 is 0 Å². The summed E-state index contributed by atoms with van der Waals surface area (Å²) in [5.74, 6) is -0.179. The number of nitrogens with zero attached hydrogens (tertiary/aromatic N) is 2. The van der Waals surface area contributed by atoms with Gasteiger partial charge in [-0.25, -0.2) is 4.39 Å². The summed E-state index contributed by atoms with van der Waals surface area (Å²) in [7, 11) is 0. The van der Waals surface area contributed by atoms with E-state index >= 15 is 0 Å². The number of ether oxygens (including phenoxy) is 1. The van der Waals surface area contributed by atoms with Crippen molar-refractivity contribution < 1.29 is 23.1 Å². The van der Waals surface area contributed by atoms with E-state index in [2.05, 4.69) is 15.9 Å². The van der Waals surface area contributed by atoms with Gasteiger partial charge in [0.15, 0.2) is 0 Å². The maximum atomic E-state index is 13.5. The van der Waals surface area contributed by atoms with Crippen LogP contribution in [-0.4, -0.2) is 47.4 Å². The Morgan fingerprint density at radius 2 is 1.85 bits per heavy atom. The fourth-order valence-corrected chi connectivity index (χ4v) is 4.35. The third-order valence-corrected chi connectivity index (χ3v) is 6.19. The van der Waals surface area contributed by atoms with Crippen molar-refractivity contribution in [1.82, 2.24) is 9.80 Å². The van der Waals surface area contributed by atoms with Crippen LogP contribution in [0.5, 0.6) is 0 Å². The van der Waals surface area contributed by atoms with Crippen LogP contribution in [0.1, 0.15) is 34.5 Å². The molecule has 8 heteroatoms. The minimum Gasteiger partial charge on any atom is -0.467 e. The lowest BCUT2D eigenvalue weighted by atomic mass is 10.1. The number of hydrogen-bond acceptors (Lipinski definition) is 4. The van der Waals surface area contributed by atoms with Crippen LogP contribution >= 0.6 is 15.9 Å². The average molecular weight is 529 g/mol. The topological polar surface area (TPSA) is 63.0 Å². The van der Waals surface area contributed by atoms with E-state index in [9.17, 15) is 14.0 Å². The monoisotopic (exact) mass is 528 g/mol. The Bertz CT molecular complexity index is 1100. The van der Waals surface area contributed by atoms with E-state index in [0.717, 1.165) is 22.9 Å². The summed E-state index contributed by atoms with van der Waals surface area (Å²) in [4.78, 5) is 30.0. The van der Waals surface area contributed by atoms with Crippen LogP contribution in [0.15, 0.2) is 75.8 Å². The predicted octanol–water partition coefficient (Wildman–Crippen LogP) is 5.03. The number of benzene rings is 2. The molecular weight excluding hydrogens is 503 g/mol. The van der Waals surface area contributed by atoms with E-state index in [0.29, 0.717) is 24.5 Å². The molecule has 178 valence electrons. The van der Waals surface area contributed by atoms with Crippen molar-refractivity contribution in [1.29, 1.82) is 0 Å². The third-order valence-electron chi connectivity index (χ3n) is 5.70. The van der Waals surface area contributed by atoms with E-state index in [1.165, 1.54) is 12.1 Å². The lowest BCUT2D eigenvalue weighted by Gasteiger charge is -2.29. The zero-order valence-electron chi connectivity index (χ0n) is 18.7. The summed E-state index contributed by atoms with van der Waals surface area (Å²) >= 11 is 3.41. The highest BCUT2D eigenvalue weighted by molar-refractivity contribution is 9.10. The lowest BCUT2D eigenvalue weighted by molar-refractivity contribution is -0.133. The van der Waals surface area contributed by atoms with Gasteiger partial charge in [-0.05, 0) is 60.9 Å². The fourth-order valence-electron chi connectivity index (χ4n) is 3.95. The molecule has 0 bridgehead atoms. The SMILES string of the molecule is O=C(CN(CC1CCCO1)C(=O)c1cccc(Br)c1)N(Cc1ccc(F)cc1)Cc1ccco1. The first-order valence-electron chi connectivity index (χ1n) is 11.2. The van der Waals surface area contributed by atoms with Gasteiger partial charge in [0.25, 0.3) is 5.91 Å². The van der Waals surface area contributed by atoms with Gasteiger partial charge in [0.1, 0.15) is 18.1 Å². The molecule has 3 aromatic rings. The third kappa shape index (κ3) is 6.55. The first-order chi connectivity index (χ1) is 16.5. The molecule has 2 amide bonds. The number of hydrogen-bond donors (Lipinski definition) is 0. The molecule has 1 aliphatic heterocycles. The van der Waals surface area contributed by atoms with Crippen LogP contribution in [0, 0.1) is 5.82 Å². The van der Waals surface area contributed by atoms with Crippen LogP contribution in [0.25, 0.3) is 0 Å². The largest absolute Gasteiger partial charge is 0.467 e. The molecule has 0 aliphatic carbocycles. The Morgan fingerprint density at radius 3 is 2.53 bits per heavy atom. The first-order valence-corrected chi connectivity index (χ1v) is 12.0. The smallest absolute Gasteiger partial charge is 0.254 e. The number of halogens is 2. The second-order valence-electron chi connectivity index (χ2n) is 8.29. The van der Waals surface area contributed by atoms with Gasteiger partial charge in [-0.1, -0.05) is 34.1 Å². The zero-order chi connectivity index (χ0) is 23.9.